The van der Waals surface area contributed by atoms with Crippen LogP contribution in [0.1, 0.15) is 57.5 Å². The molecule has 0 bridgehead atoms. The molecule has 2 aromatic carbocycles. The van der Waals surface area contributed by atoms with Crippen molar-refractivity contribution < 1.29 is 33.7 Å². The number of aryl methyl sites for hydroxylation is 2. The summed E-state index contributed by atoms with van der Waals surface area (Å²) in [6, 6.07) is 14.1. The van der Waals surface area contributed by atoms with Gasteiger partial charge in [0.15, 0.2) is 0 Å². The number of carbonyl (C=O) groups is 3. The molecule has 0 spiro atoms. The van der Waals surface area contributed by atoms with E-state index in [1.807, 2.05) is 38.1 Å². The molecule has 2 aliphatic rings. The molecule has 4 rings (SSSR count). The van der Waals surface area contributed by atoms with Gasteiger partial charge in [0, 0.05) is 19.4 Å². The topological polar surface area (TPSA) is 102 Å². The molecule has 2 saturated heterocycles. The fourth-order valence-corrected chi connectivity index (χ4v) is 4.29. The van der Waals surface area contributed by atoms with Crippen LogP contribution in [-0.4, -0.2) is 65.5 Å². The average Bonchev–Trinajstić information content (AvgIpc) is 3.15. The summed E-state index contributed by atoms with van der Waals surface area (Å²) < 4.78 is 17.4. The van der Waals surface area contributed by atoms with Gasteiger partial charge in [0.05, 0.1) is 17.2 Å². The van der Waals surface area contributed by atoms with Gasteiger partial charge in [-0.25, -0.2) is 9.59 Å². The average molecular weight is 482 g/mol. The second-order valence-corrected chi connectivity index (χ2v) is 9.21. The lowest BCUT2D eigenvalue weighted by Gasteiger charge is -2.27. The van der Waals surface area contributed by atoms with E-state index >= 15 is 0 Å². The van der Waals surface area contributed by atoms with Crippen molar-refractivity contribution in [3.05, 3.63) is 70.8 Å². The number of hydrogen-bond acceptors (Lipinski definition) is 7. The van der Waals surface area contributed by atoms with Gasteiger partial charge in [0.2, 0.25) is 5.91 Å². The van der Waals surface area contributed by atoms with Crippen LogP contribution in [0.4, 0.5) is 0 Å². The number of esters is 2. The summed E-state index contributed by atoms with van der Waals surface area (Å²) >= 11 is 0. The Balaban J connectivity index is 1.46. The number of ether oxygens (including phenoxy) is 3. The molecule has 0 radical (unpaired) electrons. The van der Waals surface area contributed by atoms with Gasteiger partial charge in [-0.15, -0.1) is 0 Å². The Morgan fingerprint density at radius 3 is 2.20 bits per heavy atom. The Morgan fingerprint density at radius 2 is 1.57 bits per heavy atom. The molecular weight excluding hydrogens is 450 g/mol. The summed E-state index contributed by atoms with van der Waals surface area (Å²) in [5.41, 5.74) is 2.87. The van der Waals surface area contributed by atoms with Crippen LogP contribution in [-0.2, 0) is 19.0 Å². The van der Waals surface area contributed by atoms with Crippen molar-refractivity contribution in [3.63, 3.8) is 0 Å². The van der Waals surface area contributed by atoms with Gasteiger partial charge in [0.25, 0.3) is 0 Å². The van der Waals surface area contributed by atoms with Crippen LogP contribution in [0.2, 0.25) is 0 Å². The monoisotopic (exact) mass is 481 g/mol. The van der Waals surface area contributed by atoms with Gasteiger partial charge >= 0.3 is 11.9 Å². The zero-order valence-electron chi connectivity index (χ0n) is 20.0. The molecule has 1 N–H and O–H groups in total. The second-order valence-electron chi connectivity index (χ2n) is 9.21. The van der Waals surface area contributed by atoms with Gasteiger partial charge in [0.1, 0.15) is 25.0 Å². The third-order valence-electron chi connectivity index (χ3n) is 6.45. The molecule has 4 atom stereocenters. The predicted octanol–water partition coefficient (Wildman–Crippen LogP) is 3.17. The lowest BCUT2D eigenvalue weighted by atomic mass is 10.1. The van der Waals surface area contributed by atoms with Crippen molar-refractivity contribution in [2.45, 2.75) is 64.1 Å². The first-order valence-electron chi connectivity index (χ1n) is 11.9. The first-order chi connectivity index (χ1) is 16.8. The Bertz CT molecular complexity index is 1050. The van der Waals surface area contributed by atoms with E-state index in [2.05, 4.69) is 0 Å². The van der Waals surface area contributed by atoms with Gasteiger partial charge in [-0.2, -0.15) is 0 Å². The minimum Gasteiger partial charge on any atom is -0.459 e. The lowest BCUT2D eigenvalue weighted by Crippen LogP contribution is -2.40. The van der Waals surface area contributed by atoms with Crippen LogP contribution in [0.3, 0.4) is 0 Å². The number of aliphatic hydroxyl groups is 1. The maximum absolute atomic E-state index is 12.8. The molecule has 186 valence electrons. The molecule has 2 heterocycles. The highest BCUT2D eigenvalue weighted by atomic mass is 16.6. The van der Waals surface area contributed by atoms with Crippen LogP contribution in [0.25, 0.3) is 0 Å². The molecule has 0 saturated carbocycles. The fraction of sp³-hybridized carbons (Fsp3) is 0.444. The molecule has 35 heavy (non-hydrogen) atoms. The number of benzene rings is 2. The van der Waals surface area contributed by atoms with E-state index in [1.54, 1.807) is 29.2 Å². The van der Waals surface area contributed by atoms with Crippen LogP contribution < -0.4 is 0 Å². The first-order valence-corrected chi connectivity index (χ1v) is 11.9. The highest BCUT2D eigenvalue weighted by molar-refractivity contribution is 5.90. The fourth-order valence-electron chi connectivity index (χ4n) is 4.29. The van der Waals surface area contributed by atoms with Crippen LogP contribution in [0.15, 0.2) is 48.5 Å². The van der Waals surface area contributed by atoms with E-state index in [-0.39, 0.29) is 25.4 Å². The molecule has 1 amide bonds. The summed E-state index contributed by atoms with van der Waals surface area (Å²) in [4.78, 5) is 39.6. The van der Waals surface area contributed by atoms with Gasteiger partial charge in [-0.1, -0.05) is 35.4 Å². The number of amides is 1. The summed E-state index contributed by atoms with van der Waals surface area (Å²) in [5.74, 6) is -1.13. The van der Waals surface area contributed by atoms with E-state index < -0.39 is 36.5 Å². The molecule has 8 heteroatoms. The molecular formula is C27H31NO7. The lowest BCUT2D eigenvalue weighted by molar-refractivity contribution is -0.146. The second kappa shape index (κ2) is 11.0. The highest BCUT2D eigenvalue weighted by Crippen LogP contribution is 2.29. The summed E-state index contributed by atoms with van der Waals surface area (Å²) in [6.07, 6.45) is -1.27. The maximum Gasteiger partial charge on any atom is 0.338 e. The van der Waals surface area contributed by atoms with E-state index in [9.17, 15) is 19.5 Å². The van der Waals surface area contributed by atoms with Gasteiger partial charge < -0.3 is 24.2 Å². The summed E-state index contributed by atoms with van der Waals surface area (Å²) in [5, 5.41) is 9.96. The summed E-state index contributed by atoms with van der Waals surface area (Å²) in [6.45, 7) is 4.08. The SMILES string of the molecule is Cc1ccc(C(=O)OC[C@H]2O[C@@H](N3CC[C@@H](O)CCC3=O)CC2OC(=O)c2ccc(C)cc2)cc1. The number of nitrogens with zero attached hydrogens (tertiary/aromatic N) is 1. The Morgan fingerprint density at radius 1 is 0.971 bits per heavy atom. The van der Waals surface area contributed by atoms with Gasteiger partial charge in [-0.3, -0.25) is 4.79 Å². The number of hydrogen-bond donors (Lipinski definition) is 1. The van der Waals surface area contributed by atoms with Crippen molar-refractivity contribution in [1.29, 1.82) is 0 Å². The van der Waals surface area contributed by atoms with E-state index in [1.165, 1.54) is 0 Å². The largest absolute Gasteiger partial charge is 0.459 e. The quantitative estimate of drug-likeness (QED) is 0.632. The van der Waals surface area contributed by atoms with Crippen molar-refractivity contribution in [2.75, 3.05) is 13.2 Å². The zero-order valence-corrected chi connectivity index (χ0v) is 20.0. The Labute approximate surface area is 204 Å². The smallest absolute Gasteiger partial charge is 0.338 e. The van der Waals surface area contributed by atoms with Crippen LogP contribution in [0, 0.1) is 13.8 Å². The minimum absolute atomic E-state index is 0.118. The molecule has 1 unspecified atom stereocenters. The molecule has 2 fully saturated rings. The van der Waals surface area contributed by atoms with Crippen LogP contribution in [0.5, 0.6) is 0 Å². The van der Waals surface area contributed by atoms with E-state index in [0.717, 1.165) is 11.1 Å². The summed E-state index contributed by atoms with van der Waals surface area (Å²) in [7, 11) is 0. The van der Waals surface area contributed by atoms with E-state index in [4.69, 9.17) is 14.2 Å². The van der Waals surface area contributed by atoms with Crippen molar-refractivity contribution in [2.24, 2.45) is 0 Å². The zero-order chi connectivity index (χ0) is 24.9. The van der Waals surface area contributed by atoms with Crippen molar-refractivity contribution >= 4 is 17.8 Å². The molecule has 0 aliphatic carbocycles. The van der Waals surface area contributed by atoms with Crippen molar-refractivity contribution in [3.8, 4) is 0 Å². The maximum atomic E-state index is 12.8. The molecule has 0 aromatic heterocycles. The third kappa shape index (κ3) is 6.26. The van der Waals surface area contributed by atoms with Crippen molar-refractivity contribution in [1.82, 2.24) is 4.90 Å². The number of aliphatic hydroxyl groups excluding tert-OH is 1. The molecule has 2 aliphatic heterocycles. The molecule has 8 nitrogen and oxygen atoms in total. The standard InChI is InChI=1S/C27H31NO7/c1-17-3-7-19(8-4-17)26(31)33-16-23-22(35-27(32)20-9-5-18(2)6-10-20)15-25(34-23)28-14-13-21(29)11-12-24(28)30/h3-10,21-23,25,29H,11-16H2,1-2H3/t21-,22?,23+,25+/m0/s1. The number of carbonyl (C=O) groups excluding carboxylic acids is 3. The van der Waals surface area contributed by atoms with Gasteiger partial charge in [-0.05, 0) is 51.0 Å². The predicted molar refractivity (Wildman–Crippen MR) is 127 cm³/mol. The van der Waals surface area contributed by atoms with E-state index in [0.29, 0.717) is 30.5 Å². The normalized spacial score (nSPS) is 24.7. The molecule has 2 aromatic rings. The van der Waals surface area contributed by atoms with Crippen LogP contribution >= 0.6 is 0 Å². The highest BCUT2D eigenvalue weighted by Gasteiger charge is 2.43. The first kappa shape index (κ1) is 24.9. The Kier molecular flexibility index (Phi) is 7.83. The number of likely N-dealkylation sites (tertiary alicyclic amines) is 1. The number of rotatable bonds is 6. The minimum atomic E-state index is -0.732. The third-order valence-corrected chi connectivity index (χ3v) is 6.45. The Hall–Kier alpha value is -3.23.